The fourth-order valence-corrected chi connectivity index (χ4v) is 5.45. The smallest absolute Gasteiger partial charge is 0.303 e. The van der Waals surface area contributed by atoms with Crippen LogP contribution in [0.15, 0.2) is 24.3 Å². The van der Waals surface area contributed by atoms with Crippen LogP contribution in [0.2, 0.25) is 0 Å². The van der Waals surface area contributed by atoms with Crippen LogP contribution in [-0.4, -0.2) is 43.1 Å². The predicted molar refractivity (Wildman–Crippen MR) is 101 cm³/mol. The molecule has 0 saturated carbocycles. The summed E-state index contributed by atoms with van der Waals surface area (Å²) in [7, 11) is -4.64. The number of rotatable bonds is 1. The minimum atomic E-state index is -4.64. The quantitative estimate of drug-likeness (QED) is 0.645. The Hall–Kier alpha value is -1.50. The van der Waals surface area contributed by atoms with Crippen LogP contribution in [0.4, 0.5) is 0 Å². The number of aromatic nitrogens is 1. The Morgan fingerprint density at radius 3 is 2.63 bits per heavy atom. The Morgan fingerprint density at radius 1 is 1.22 bits per heavy atom. The SMILES string of the molecule is CC[C@@]12CCCN3CCc4c(n(c5ccccc45)C(=O)C1)[C@H]32.O=P(O)(O)O. The second-order valence-corrected chi connectivity index (χ2v) is 8.83. The van der Waals surface area contributed by atoms with E-state index in [1.165, 1.54) is 36.0 Å². The number of hydrogen-bond donors (Lipinski definition) is 3. The summed E-state index contributed by atoms with van der Waals surface area (Å²) >= 11 is 0. The van der Waals surface area contributed by atoms with Gasteiger partial charge in [0.25, 0.3) is 0 Å². The van der Waals surface area contributed by atoms with Gasteiger partial charge in [0, 0.05) is 29.5 Å². The molecule has 146 valence electrons. The van der Waals surface area contributed by atoms with Gasteiger partial charge in [-0.3, -0.25) is 14.3 Å². The van der Waals surface area contributed by atoms with Crippen molar-refractivity contribution in [1.82, 2.24) is 9.47 Å². The molecule has 27 heavy (non-hydrogen) atoms. The highest BCUT2D eigenvalue weighted by Gasteiger charge is 2.52. The Kier molecular flexibility index (Phi) is 4.56. The van der Waals surface area contributed by atoms with Crippen LogP contribution in [0.5, 0.6) is 0 Å². The number of carbonyl (C=O) groups excluding carboxylic acids is 1. The topological polar surface area (TPSA) is 103 Å². The van der Waals surface area contributed by atoms with Crippen LogP contribution in [0, 0.1) is 5.41 Å². The molecule has 3 aliphatic rings. The van der Waals surface area contributed by atoms with E-state index in [0.717, 1.165) is 31.3 Å². The Morgan fingerprint density at radius 2 is 1.93 bits per heavy atom. The van der Waals surface area contributed by atoms with Crippen LogP contribution < -0.4 is 0 Å². The number of para-hydroxylation sites is 1. The van der Waals surface area contributed by atoms with Crippen molar-refractivity contribution in [2.45, 2.75) is 45.1 Å². The first kappa shape index (κ1) is 18.8. The van der Waals surface area contributed by atoms with E-state index in [0.29, 0.717) is 11.9 Å². The third-order valence-electron chi connectivity index (χ3n) is 6.45. The number of hydrogen-bond acceptors (Lipinski definition) is 3. The number of carbonyl (C=O) groups is 1. The predicted octanol–water partition coefficient (Wildman–Crippen LogP) is 2.85. The normalized spacial score (nSPS) is 27.1. The second-order valence-electron chi connectivity index (χ2n) is 7.81. The van der Waals surface area contributed by atoms with Gasteiger partial charge in [0.2, 0.25) is 5.91 Å². The Labute approximate surface area is 157 Å². The molecule has 0 amide bonds. The van der Waals surface area contributed by atoms with Gasteiger partial charge in [-0.05, 0) is 43.9 Å². The summed E-state index contributed by atoms with van der Waals surface area (Å²) in [6, 6.07) is 8.95. The highest BCUT2D eigenvalue weighted by molar-refractivity contribution is 7.45. The van der Waals surface area contributed by atoms with Crippen molar-refractivity contribution in [3.05, 3.63) is 35.5 Å². The Bertz CT molecular complexity index is 941. The lowest BCUT2D eigenvalue weighted by Gasteiger charge is -2.54. The van der Waals surface area contributed by atoms with Gasteiger partial charge in [-0.2, -0.15) is 0 Å². The van der Waals surface area contributed by atoms with Gasteiger partial charge in [0.15, 0.2) is 0 Å². The molecular weight excluding hydrogens is 367 g/mol. The Balaban J connectivity index is 0.000000323. The summed E-state index contributed by atoms with van der Waals surface area (Å²) in [5.41, 5.74) is 4.10. The van der Waals surface area contributed by atoms with Crippen LogP contribution in [0.25, 0.3) is 10.9 Å². The molecular formula is C19H25N2O5P. The van der Waals surface area contributed by atoms with E-state index in [4.69, 9.17) is 19.2 Å². The van der Waals surface area contributed by atoms with Crippen LogP contribution in [0.3, 0.4) is 0 Å². The van der Waals surface area contributed by atoms with Crippen molar-refractivity contribution in [1.29, 1.82) is 0 Å². The van der Waals surface area contributed by atoms with Crippen molar-refractivity contribution < 1.29 is 24.0 Å². The number of fused-ring (bicyclic) bond motifs is 3. The molecule has 4 heterocycles. The highest BCUT2D eigenvalue weighted by atomic mass is 31.2. The standard InChI is InChI=1S/C19H22N2O.H3O4P/c1-2-19-9-5-10-20-11-8-14-13-6-3-4-7-15(13)21(16(22)12-19)17(14)18(19)20;1-5(2,3)4/h3-4,6-7,18H,2,5,8-12H2,1H3;(H3,1,2,3,4)/t18-,19+;/m0./s1. The first-order valence-electron chi connectivity index (χ1n) is 9.43. The molecule has 7 nitrogen and oxygen atoms in total. The third-order valence-corrected chi connectivity index (χ3v) is 6.45. The van der Waals surface area contributed by atoms with Gasteiger partial charge >= 0.3 is 7.82 Å². The number of piperidine rings is 1. The van der Waals surface area contributed by atoms with E-state index in [1.807, 2.05) is 0 Å². The molecule has 5 rings (SSSR count). The summed E-state index contributed by atoms with van der Waals surface area (Å²) in [4.78, 5) is 37.2. The van der Waals surface area contributed by atoms with Gasteiger partial charge in [-0.1, -0.05) is 25.1 Å². The van der Waals surface area contributed by atoms with Gasteiger partial charge in [-0.25, -0.2) is 4.57 Å². The molecule has 1 fully saturated rings. The number of phosphoric acid groups is 1. The van der Waals surface area contributed by atoms with E-state index in [2.05, 4.69) is 40.7 Å². The minimum absolute atomic E-state index is 0.175. The fraction of sp³-hybridized carbons (Fsp3) is 0.526. The minimum Gasteiger partial charge on any atom is -0.303 e. The third kappa shape index (κ3) is 3.08. The van der Waals surface area contributed by atoms with E-state index >= 15 is 0 Å². The van der Waals surface area contributed by atoms with Crippen molar-refractivity contribution >= 4 is 24.6 Å². The molecule has 0 radical (unpaired) electrons. The van der Waals surface area contributed by atoms with Gasteiger partial charge < -0.3 is 14.7 Å². The summed E-state index contributed by atoms with van der Waals surface area (Å²) in [5, 5.41) is 1.31. The molecule has 0 spiro atoms. The zero-order valence-corrected chi connectivity index (χ0v) is 16.2. The molecule has 3 N–H and O–H groups in total. The maximum Gasteiger partial charge on any atom is 0.466 e. The molecule has 2 atom stereocenters. The van der Waals surface area contributed by atoms with E-state index in [-0.39, 0.29) is 5.41 Å². The van der Waals surface area contributed by atoms with Crippen LogP contribution in [0.1, 0.15) is 54.7 Å². The lowest BCUT2D eigenvalue weighted by atomic mass is 9.64. The van der Waals surface area contributed by atoms with E-state index < -0.39 is 7.82 Å². The lowest BCUT2D eigenvalue weighted by molar-refractivity contribution is -0.0174. The van der Waals surface area contributed by atoms with Crippen LogP contribution in [-0.2, 0) is 11.0 Å². The fourth-order valence-electron chi connectivity index (χ4n) is 5.45. The molecule has 0 unspecified atom stereocenters. The number of benzene rings is 1. The zero-order chi connectivity index (χ0) is 19.4. The molecule has 2 aromatic rings. The summed E-state index contributed by atoms with van der Waals surface area (Å²) in [6.45, 7) is 4.63. The summed E-state index contributed by atoms with van der Waals surface area (Å²) in [6.07, 6.45) is 5.37. The zero-order valence-electron chi connectivity index (χ0n) is 15.3. The average Bonchev–Trinajstić information content (AvgIpc) is 2.95. The monoisotopic (exact) mass is 392 g/mol. The largest absolute Gasteiger partial charge is 0.466 e. The van der Waals surface area contributed by atoms with Crippen LogP contribution >= 0.6 is 7.82 Å². The first-order valence-corrected chi connectivity index (χ1v) is 11.0. The molecule has 0 bridgehead atoms. The van der Waals surface area contributed by atoms with Gasteiger partial charge in [0.05, 0.1) is 11.6 Å². The molecule has 3 aliphatic heterocycles. The van der Waals surface area contributed by atoms with Crippen molar-refractivity contribution in [3.63, 3.8) is 0 Å². The molecule has 1 saturated heterocycles. The maximum atomic E-state index is 13.0. The number of nitrogens with zero attached hydrogens (tertiary/aromatic N) is 2. The van der Waals surface area contributed by atoms with Crippen molar-refractivity contribution in [2.75, 3.05) is 13.1 Å². The van der Waals surface area contributed by atoms with Gasteiger partial charge in [-0.15, -0.1) is 0 Å². The lowest BCUT2D eigenvalue weighted by Crippen LogP contribution is -2.53. The van der Waals surface area contributed by atoms with Crippen molar-refractivity contribution in [2.24, 2.45) is 5.41 Å². The van der Waals surface area contributed by atoms with Gasteiger partial charge in [0.1, 0.15) is 0 Å². The summed E-state index contributed by atoms with van der Waals surface area (Å²) < 4.78 is 11.0. The maximum absolute atomic E-state index is 13.0. The first-order chi connectivity index (χ1) is 12.7. The highest BCUT2D eigenvalue weighted by Crippen LogP contribution is 2.56. The second kappa shape index (κ2) is 6.54. The van der Waals surface area contributed by atoms with E-state index in [1.54, 1.807) is 0 Å². The van der Waals surface area contributed by atoms with E-state index in [9.17, 15) is 4.79 Å². The summed E-state index contributed by atoms with van der Waals surface area (Å²) in [5.74, 6) is 0.319. The average molecular weight is 392 g/mol. The molecule has 8 heteroatoms. The molecule has 1 aromatic carbocycles. The molecule has 1 aromatic heterocycles. The molecule has 0 aliphatic carbocycles. The van der Waals surface area contributed by atoms with Crippen molar-refractivity contribution in [3.8, 4) is 0 Å².